The standard InChI is InChI=1S/C16H19NO/c1-17-12-16(18-2)15-10-8-14(9-11-15)13-6-4-3-5-7-13/h3-11,16-17H,12H2,1-2H3. The van der Waals surface area contributed by atoms with Gasteiger partial charge in [0.15, 0.2) is 0 Å². The molecule has 94 valence electrons. The molecular weight excluding hydrogens is 222 g/mol. The number of ether oxygens (including phenoxy) is 1. The fourth-order valence-electron chi connectivity index (χ4n) is 2.04. The monoisotopic (exact) mass is 241 g/mol. The molecule has 0 bridgehead atoms. The van der Waals surface area contributed by atoms with E-state index in [1.54, 1.807) is 7.11 Å². The van der Waals surface area contributed by atoms with Crippen molar-refractivity contribution in [1.82, 2.24) is 5.32 Å². The molecule has 0 aliphatic rings. The average molecular weight is 241 g/mol. The fraction of sp³-hybridized carbons (Fsp3) is 0.250. The molecule has 1 unspecified atom stereocenters. The number of hydrogen-bond donors (Lipinski definition) is 1. The van der Waals surface area contributed by atoms with Crippen LogP contribution in [-0.2, 0) is 4.74 Å². The average Bonchev–Trinajstić information content (AvgIpc) is 2.46. The van der Waals surface area contributed by atoms with Gasteiger partial charge in [-0.1, -0.05) is 54.6 Å². The van der Waals surface area contributed by atoms with Gasteiger partial charge >= 0.3 is 0 Å². The number of hydrogen-bond acceptors (Lipinski definition) is 2. The Hall–Kier alpha value is -1.64. The van der Waals surface area contributed by atoms with Crippen LogP contribution in [0.5, 0.6) is 0 Å². The zero-order chi connectivity index (χ0) is 12.8. The van der Waals surface area contributed by atoms with Gasteiger partial charge in [0.05, 0.1) is 6.10 Å². The smallest absolute Gasteiger partial charge is 0.0945 e. The van der Waals surface area contributed by atoms with Crippen molar-refractivity contribution in [3.63, 3.8) is 0 Å². The molecule has 0 spiro atoms. The first-order valence-electron chi connectivity index (χ1n) is 6.18. The maximum atomic E-state index is 5.46. The van der Waals surface area contributed by atoms with E-state index in [1.165, 1.54) is 16.7 Å². The molecular formula is C16H19NO. The van der Waals surface area contributed by atoms with E-state index in [-0.39, 0.29) is 6.10 Å². The van der Waals surface area contributed by atoms with Gasteiger partial charge in [0, 0.05) is 13.7 Å². The van der Waals surface area contributed by atoms with E-state index in [9.17, 15) is 0 Å². The highest BCUT2D eigenvalue weighted by atomic mass is 16.5. The van der Waals surface area contributed by atoms with Crippen molar-refractivity contribution in [2.24, 2.45) is 0 Å². The maximum Gasteiger partial charge on any atom is 0.0945 e. The summed E-state index contributed by atoms with van der Waals surface area (Å²) in [5, 5.41) is 3.14. The van der Waals surface area contributed by atoms with Crippen molar-refractivity contribution in [3.05, 3.63) is 60.2 Å². The van der Waals surface area contributed by atoms with Gasteiger partial charge in [-0.15, -0.1) is 0 Å². The van der Waals surface area contributed by atoms with E-state index in [1.807, 2.05) is 13.1 Å². The second-order valence-corrected chi connectivity index (χ2v) is 4.27. The molecule has 2 aromatic rings. The van der Waals surface area contributed by atoms with Gasteiger partial charge < -0.3 is 10.1 Å². The van der Waals surface area contributed by atoms with Crippen LogP contribution >= 0.6 is 0 Å². The first-order chi connectivity index (χ1) is 8.85. The summed E-state index contributed by atoms with van der Waals surface area (Å²) in [4.78, 5) is 0. The number of likely N-dealkylation sites (N-methyl/N-ethyl adjacent to an activating group) is 1. The van der Waals surface area contributed by atoms with Crippen molar-refractivity contribution in [3.8, 4) is 11.1 Å². The van der Waals surface area contributed by atoms with Crippen LogP contribution in [0.1, 0.15) is 11.7 Å². The third kappa shape index (κ3) is 2.97. The highest BCUT2D eigenvalue weighted by Crippen LogP contribution is 2.22. The SMILES string of the molecule is CNCC(OC)c1ccc(-c2ccccc2)cc1. The summed E-state index contributed by atoms with van der Waals surface area (Å²) in [6, 6.07) is 18.9. The topological polar surface area (TPSA) is 21.3 Å². The molecule has 0 aliphatic carbocycles. The first-order valence-corrected chi connectivity index (χ1v) is 6.18. The predicted octanol–water partition coefficient (Wildman–Crippen LogP) is 3.26. The fourth-order valence-corrected chi connectivity index (χ4v) is 2.04. The van der Waals surface area contributed by atoms with Gasteiger partial charge in [0.25, 0.3) is 0 Å². The summed E-state index contributed by atoms with van der Waals surface area (Å²) in [5.41, 5.74) is 3.68. The molecule has 2 nitrogen and oxygen atoms in total. The van der Waals surface area contributed by atoms with E-state index in [0.29, 0.717) is 0 Å². The Bertz CT molecular complexity index is 464. The normalized spacial score (nSPS) is 12.3. The van der Waals surface area contributed by atoms with Gasteiger partial charge in [-0.25, -0.2) is 0 Å². The molecule has 0 radical (unpaired) electrons. The molecule has 0 saturated heterocycles. The van der Waals surface area contributed by atoms with E-state index in [4.69, 9.17) is 4.74 Å². The number of nitrogens with one attached hydrogen (secondary N) is 1. The van der Waals surface area contributed by atoms with E-state index in [2.05, 4.69) is 53.8 Å². The molecule has 18 heavy (non-hydrogen) atoms. The molecule has 2 heteroatoms. The second kappa shape index (κ2) is 6.34. The van der Waals surface area contributed by atoms with Crippen LogP contribution in [0.2, 0.25) is 0 Å². The summed E-state index contributed by atoms with van der Waals surface area (Å²) in [7, 11) is 3.68. The molecule has 2 rings (SSSR count). The van der Waals surface area contributed by atoms with Gasteiger partial charge in [0.1, 0.15) is 0 Å². The molecule has 0 saturated carbocycles. The summed E-state index contributed by atoms with van der Waals surface area (Å²) in [6.07, 6.45) is 0.111. The lowest BCUT2D eigenvalue weighted by Crippen LogP contribution is -2.18. The van der Waals surface area contributed by atoms with Crippen LogP contribution in [0.25, 0.3) is 11.1 Å². The Morgan fingerprint density at radius 1 is 0.944 bits per heavy atom. The lowest BCUT2D eigenvalue weighted by atomic mass is 10.0. The molecule has 2 aromatic carbocycles. The summed E-state index contributed by atoms with van der Waals surface area (Å²) in [5.74, 6) is 0. The van der Waals surface area contributed by atoms with E-state index >= 15 is 0 Å². The Morgan fingerprint density at radius 3 is 2.11 bits per heavy atom. The van der Waals surface area contributed by atoms with Crippen molar-refractivity contribution < 1.29 is 4.74 Å². The molecule has 0 heterocycles. The molecule has 1 atom stereocenters. The minimum atomic E-state index is 0.111. The third-order valence-corrected chi connectivity index (χ3v) is 3.06. The Kier molecular flexibility index (Phi) is 4.51. The number of methoxy groups -OCH3 is 1. The summed E-state index contributed by atoms with van der Waals surface area (Å²) < 4.78 is 5.46. The van der Waals surface area contributed by atoms with Gasteiger partial charge in [-0.3, -0.25) is 0 Å². The van der Waals surface area contributed by atoms with Gasteiger partial charge in [0.2, 0.25) is 0 Å². The van der Waals surface area contributed by atoms with Crippen LogP contribution in [0.4, 0.5) is 0 Å². The number of benzene rings is 2. The lowest BCUT2D eigenvalue weighted by Gasteiger charge is -2.15. The second-order valence-electron chi connectivity index (χ2n) is 4.27. The summed E-state index contributed by atoms with van der Waals surface area (Å²) in [6.45, 7) is 0.821. The Morgan fingerprint density at radius 2 is 1.56 bits per heavy atom. The highest BCUT2D eigenvalue weighted by Gasteiger charge is 2.08. The molecule has 0 aliphatic heterocycles. The van der Waals surface area contributed by atoms with Gasteiger partial charge in [-0.2, -0.15) is 0 Å². The minimum Gasteiger partial charge on any atom is -0.375 e. The number of rotatable bonds is 5. The van der Waals surface area contributed by atoms with Crippen molar-refractivity contribution >= 4 is 0 Å². The molecule has 0 amide bonds. The Balaban J connectivity index is 2.19. The van der Waals surface area contributed by atoms with Crippen molar-refractivity contribution in [2.75, 3.05) is 20.7 Å². The van der Waals surface area contributed by atoms with Crippen LogP contribution in [-0.4, -0.2) is 20.7 Å². The largest absolute Gasteiger partial charge is 0.375 e. The van der Waals surface area contributed by atoms with Crippen LogP contribution in [0.15, 0.2) is 54.6 Å². The van der Waals surface area contributed by atoms with Crippen LogP contribution in [0, 0.1) is 0 Å². The van der Waals surface area contributed by atoms with Crippen molar-refractivity contribution in [1.29, 1.82) is 0 Å². The van der Waals surface area contributed by atoms with E-state index < -0.39 is 0 Å². The third-order valence-electron chi connectivity index (χ3n) is 3.06. The zero-order valence-electron chi connectivity index (χ0n) is 10.9. The highest BCUT2D eigenvalue weighted by molar-refractivity contribution is 5.63. The summed E-state index contributed by atoms with van der Waals surface area (Å²) >= 11 is 0. The van der Waals surface area contributed by atoms with E-state index in [0.717, 1.165) is 6.54 Å². The quantitative estimate of drug-likeness (QED) is 0.867. The Labute approximate surface area is 109 Å². The molecule has 0 fully saturated rings. The lowest BCUT2D eigenvalue weighted by molar-refractivity contribution is 0.104. The molecule has 0 aromatic heterocycles. The zero-order valence-corrected chi connectivity index (χ0v) is 10.9. The minimum absolute atomic E-state index is 0.111. The molecule has 1 N–H and O–H groups in total. The van der Waals surface area contributed by atoms with Crippen LogP contribution < -0.4 is 5.32 Å². The maximum absolute atomic E-state index is 5.46. The van der Waals surface area contributed by atoms with Crippen LogP contribution in [0.3, 0.4) is 0 Å². The first kappa shape index (κ1) is 12.8. The van der Waals surface area contributed by atoms with Crippen molar-refractivity contribution in [2.45, 2.75) is 6.10 Å². The van der Waals surface area contributed by atoms with Gasteiger partial charge in [-0.05, 0) is 23.7 Å². The predicted molar refractivity (Wildman–Crippen MR) is 75.6 cm³/mol.